The molecule has 0 aliphatic rings. The van der Waals surface area contributed by atoms with Gasteiger partial charge in [-0.05, 0) is 17.7 Å². The highest BCUT2D eigenvalue weighted by atomic mass is 35.5. The van der Waals surface area contributed by atoms with Gasteiger partial charge in [0.05, 0.1) is 6.61 Å². The van der Waals surface area contributed by atoms with Gasteiger partial charge in [0.1, 0.15) is 0 Å². The minimum Gasteiger partial charge on any atom is -0.396 e. The molecule has 0 fully saturated rings. The summed E-state index contributed by atoms with van der Waals surface area (Å²) in [6.07, 6.45) is 0. The van der Waals surface area contributed by atoms with Gasteiger partial charge in [-0.15, -0.1) is 0 Å². The van der Waals surface area contributed by atoms with Gasteiger partial charge < -0.3 is 10.8 Å². The number of hydrogen-bond donors (Lipinski definition) is 2. The second-order valence-corrected chi connectivity index (χ2v) is 3.56. The Balaban J connectivity index is 3.10. The Bertz CT molecular complexity index is 267. The minimum atomic E-state index is -0.179. The van der Waals surface area contributed by atoms with Crippen molar-refractivity contribution in [1.82, 2.24) is 0 Å². The van der Waals surface area contributed by atoms with Crippen LogP contribution >= 0.6 is 23.2 Å². The van der Waals surface area contributed by atoms with Crippen LogP contribution in [0.1, 0.15) is 11.5 Å². The van der Waals surface area contributed by atoms with Gasteiger partial charge in [-0.2, -0.15) is 0 Å². The molecule has 0 bridgehead atoms. The van der Waals surface area contributed by atoms with E-state index in [1.165, 1.54) is 0 Å². The van der Waals surface area contributed by atoms with E-state index in [1.54, 1.807) is 18.2 Å². The Hall–Kier alpha value is -0.280. The van der Waals surface area contributed by atoms with Crippen LogP contribution < -0.4 is 5.73 Å². The van der Waals surface area contributed by atoms with Crippen LogP contribution in [0.3, 0.4) is 0 Å². The first-order valence-electron chi connectivity index (χ1n) is 3.95. The Kier molecular flexibility index (Phi) is 4.00. The number of rotatable bonds is 3. The first-order valence-corrected chi connectivity index (χ1v) is 4.71. The van der Waals surface area contributed by atoms with Gasteiger partial charge in [0.2, 0.25) is 0 Å². The van der Waals surface area contributed by atoms with E-state index in [2.05, 4.69) is 0 Å². The zero-order valence-corrected chi connectivity index (χ0v) is 8.52. The molecule has 3 N–H and O–H groups in total. The predicted molar refractivity (Wildman–Crippen MR) is 55.3 cm³/mol. The lowest BCUT2D eigenvalue weighted by molar-refractivity contribution is 0.268. The normalized spacial score (nSPS) is 12.9. The largest absolute Gasteiger partial charge is 0.396 e. The highest BCUT2D eigenvalue weighted by Crippen LogP contribution is 2.30. The summed E-state index contributed by atoms with van der Waals surface area (Å²) in [4.78, 5) is 0. The van der Waals surface area contributed by atoms with Crippen LogP contribution in [-0.4, -0.2) is 18.3 Å². The number of halogens is 2. The van der Waals surface area contributed by atoms with Crippen LogP contribution in [-0.2, 0) is 0 Å². The molecule has 4 heteroatoms. The molecule has 0 aliphatic heterocycles. The van der Waals surface area contributed by atoms with E-state index in [1.807, 2.05) is 0 Å². The van der Waals surface area contributed by atoms with Crippen molar-refractivity contribution in [2.24, 2.45) is 5.73 Å². The second kappa shape index (κ2) is 4.82. The summed E-state index contributed by atoms with van der Waals surface area (Å²) in [6.45, 7) is 0.292. The molecule has 1 atom stereocenters. The molecule has 1 unspecified atom stereocenters. The summed E-state index contributed by atoms with van der Waals surface area (Å²) >= 11 is 11.9. The van der Waals surface area contributed by atoms with Crippen molar-refractivity contribution in [2.45, 2.75) is 5.92 Å². The van der Waals surface area contributed by atoms with E-state index in [0.29, 0.717) is 16.6 Å². The molecule has 1 rings (SSSR count). The molecule has 0 radical (unpaired) electrons. The number of aliphatic hydroxyl groups is 1. The summed E-state index contributed by atoms with van der Waals surface area (Å²) in [5, 5.41) is 10.1. The minimum absolute atomic E-state index is 0.0417. The molecule has 0 aliphatic carbocycles. The summed E-state index contributed by atoms with van der Waals surface area (Å²) in [7, 11) is 0. The van der Waals surface area contributed by atoms with Crippen molar-refractivity contribution >= 4 is 23.2 Å². The Labute approximate surface area is 87.3 Å². The average molecular weight is 220 g/mol. The van der Waals surface area contributed by atoms with E-state index in [0.717, 1.165) is 5.56 Å². The van der Waals surface area contributed by atoms with E-state index < -0.39 is 0 Å². The maximum atomic E-state index is 9.03. The molecule has 0 amide bonds. The number of hydrogen-bond acceptors (Lipinski definition) is 2. The topological polar surface area (TPSA) is 46.2 Å². The molecule has 1 aromatic carbocycles. The molecule has 72 valence electrons. The molecular formula is C9H11Cl2NO. The van der Waals surface area contributed by atoms with Gasteiger partial charge in [0.25, 0.3) is 0 Å². The van der Waals surface area contributed by atoms with Gasteiger partial charge >= 0.3 is 0 Å². The van der Waals surface area contributed by atoms with Gasteiger partial charge in [-0.3, -0.25) is 0 Å². The van der Waals surface area contributed by atoms with Gasteiger partial charge in [0, 0.05) is 22.5 Å². The Morgan fingerprint density at radius 1 is 1.31 bits per heavy atom. The number of nitrogens with two attached hydrogens (primary N) is 1. The molecule has 13 heavy (non-hydrogen) atoms. The van der Waals surface area contributed by atoms with Crippen molar-refractivity contribution in [1.29, 1.82) is 0 Å². The molecule has 0 heterocycles. The van der Waals surface area contributed by atoms with Crippen molar-refractivity contribution in [3.8, 4) is 0 Å². The highest BCUT2D eigenvalue weighted by Gasteiger charge is 2.15. The molecule has 1 aromatic rings. The summed E-state index contributed by atoms with van der Waals surface area (Å²) in [6, 6.07) is 5.24. The standard InChI is InChI=1S/C9H11Cl2NO/c10-7-2-1-3-8(11)9(7)6(4-12)5-13/h1-3,6,13H,4-5,12H2. The maximum absolute atomic E-state index is 9.03. The number of benzene rings is 1. The first kappa shape index (κ1) is 10.8. The fourth-order valence-corrected chi connectivity index (χ4v) is 1.89. The van der Waals surface area contributed by atoms with Crippen LogP contribution in [0, 0.1) is 0 Å². The highest BCUT2D eigenvalue weighted by molar-refractivity contribution is 6.36. The van der Waals surface area contributed by atoms with Crippen LogP contribution in [0.4, 0.5) is 0 Å². The van der Waals surface area contributed by atoms with Gasteiger partial charge in [-0.25, -0.2) is 0 Å². The van der Waals surface area contributed by atoms with Crippen LogP contribution in [0.5, 0.6) is 0 Å². The zero-order valence-electron chi connectivity index (χ0n) is 7.00. The van der Waals surface area contributed by atoms with Crippen molar-refractivity contribution < 1.29 is 5.11 Å². The average Bonchev–Trinajstić information content (AvgIpc) is 2.11. The summed E-state index contributed by atoms with van der Waals surface area (Å²) in [5.74, 6) is -0.179. The Morgan fingerprint density at radius 3 is 2.23 bits per heavy atom. The monoisotopic (exact) mass is 219 g/mol. The zero-order chi connectivity index (χ0) is 9.84. The summed E-state index contributed by atoms with van der Waals surface area (Å²) < 4.78 is 0. The third-order valence-electron chi connectivity index (χ3n) is 1.91. The number of aliphatic hydroxyl groups excluding tert-OH is 1. The van der Waals surface area contributed by atoms with E-state index in [4.69, 9.17) is 34.0 Å². The molecule has 0 spiro atoms. The van der Waals surface area contributed by atoms with Crippen LogP contribution in [0.2, 0.25) is 10.0 Å². The lowest BCUT2D eigenvalue weighted by Gasteiger charge is -2.15. The van der Waals surface area contributed by atoms with Crippen LogP contribution in [0.25, 0.3) is 0 Å². The molecule has 0 saturated carbocycles. The SMILES string of the molecule is NCC(CO)c1c(Cl)cccc1Cl. The lowest BCUT2D eigenvalue weighted by Crippen LogP contribution is -2.16. The van der Waals surface area contributed by atoms with E-state index in [-0.39, 0.29) is 12.5 Å². The maximum Gasteiger partial charge on any atom is 0.0512 e. The van der Waals surface area contributed by atoms with E-state index in [9.17, 15) is 0 Å². The second-order valence-electron chi connectivity index (χ2n) is 2.75. The molecule has 2 nitrogen and oxygen atoms in total. The molecule has 0 aromatic heterocycles. The van der Waals surface area contributed by atoms with Crippen molar-refractivity contribution in [3.05, 3.63) is 33.8 Å². The lowest BCUT2D eigenvalue weighted by atomic mass is 10.0. The smallest absolute Gasteiger partial charge is 0.0512 e. The molecule has 0 saturated heterocycles. The first-order chi connectivity index (χ1) is 6.20. The van der Waals surface area contributed by atoms with Crippen LogP contribution in [0.15, 0.2) is 18.2 Å². The quantitative estimate of drug-likeness (QED) is 0.818. The molecular weight excluding hydrogens is 209 g/mol. The van der Waals surface area contributed by atoms with Gasteiger partial charge in [0.15, 0.2) is 0 Å². The Morgan fingerprint density at radius 2 is 1.85 bits per heavy atom. The van der Waals surface area contributed by atoms with Crippen molar-refractivity contribution in [2.75, 3.05) is 13.2 Å². The fraction of sp³-hybridized carbons (Fsp3) is 0.333. The fourth-order valence-electron chi connectivity index (χ4n) is 1.18. The van der Waals surface area contributed by atoms with Crippen molar-refractivity contribution in [3.63, 3.8) is 0 Å². The summed E-state index contributed by atoms with van der Waals surface area (Å²) in [5.41, 5.74) is 6.21. The third-order valence-corrected chi connectivity index (χ3v) is 2.57. The van der Waals surface area contributed by atoms with E-state index >= 15 is 0 Å². The van der Waals surface area contributed by atoms with Gasteiger partial charge in [-0.1, -0.05) is 29.3 Å². The predicted octanol–water partition coefficient (Wildman–Crippen LogP) is 2.03. The third kappa shape index (κ3) is 2.35.